The number of ether oxygens (including phenoxy) is 4. The maximum Gasteiger partial charge on any atom is 0.174 e. The Hall–Kier alpha value is -1.87. The van der Waals surface area contributed by atoms with Crippen molar-refractivity contribution < 1.29 is 49.3 Å². The summed E-state index contributed by atoms with van der Waals surface area (Å²) in [6, 6.07) is 0. The molecule has 4 saturated heterocycles. The zero-order valence-electron chi connectivity index (χ0n) is 40.9. The number of aliphatic hydroxyl groups excluding tert-OH is 2. The van der Waals surface area contributed by atoms with Gasteiger partial charge in [0.25, 0.3) is 0 Å². The summed E-state index contributed by atoms with van der Waals surface area (Å²) < 4.78 is 26.5. The van der Waals surface area contributed by atoms with Crippen molar-refractivity contribution in [1.29, 1.82) is 0 Å². The molecule has 12 nitrogen and oxygen atoms in total. The van der Waals surface area contributed by atoms with Gasteiger partial charge < -0.3 is 44.5 Å². The number of hydrogen-bond donors (Lipinski definition) is 5. The smallest absolute Gasteiger partial charge is 0.174 e. The van der Waals surface area contributed by atoms with Crippen LogP contribution in [0, 0.1) is 74.9 Å². The monoisotopic (exact) mass is 913 g/mol. The van der Waals surface area contributed by atoms with Gasteiger partial charge in [-0.2, -0.15) is 0 Å². The van der Waals surface area contributed by atoms with Crippen LogP contribution in [0.5, 0.6) is 0 Å². The molecular formula is C54H76N2O10. The van der Waals surface area contributed by atoms with Crippen molar-refractivity contribution in [3.05, 3.63) is 34.4 Å². The zero-order chi connectivity index (χ0) is 46.5. The highest BCUT2D eigenvalue weighted by molar-refractivity contribution is 5.90. The lowest BCUT2D eigenvalue weighted by Crippen LogP contribution is -2.66. The average molecular weight is 913 g/mol. The Morgan fingerprint density at radius 3 is 2.03 bits per heavy atom. The predicted molar refractivity (Wildman–Crippen MR) is 240 cm³/mol. The standard InChI is InChI=1S/C54H76N2O10/c1-26-44-39(64-52(26)14-12-45(3,4)66-52)24-51(50(44,9)61)30-11-10-28-16-34-36(22-47(28,6)31(30)19-41(51)59)56-35-17-29-18-38(57)43-32(48(29,7)23-37(35)55-34)20-40(58)49(8)33(43)21-42-54(49,62)27(2)53(65-42)15-13-46(5,60)25-63-53/h21,26-32,38-40,42-44,57-58,60-62H,10-20,22-25H2,1-9H3/t26-,27+,28-,29+,30+,31-,32-,38-,39-,40+,42-,43+,44-,46+,47-,48-,49+,50-,51-,52+,53+,54+/m0/s1. The molecule has 8 aliphatic carbocycles. The second-order valence-corrected chi connectivity index (χ2v) is 26.8. The van der Waals surface area contributed by atoms with Gasteiger partial charge in [-0.25, -0.2) is 0 Å². The molecule has 1 aromatic rings. The normalized spacial score (nSPS) is 59.2. The van der Waals surface area contributed by atoms with Gasteiger partial charge >= 0.3 is 0 Å². The fourth-order valence-electron chi connectivity index (χ4n) is 19.7. The summed E-state index contributed by atoms with van der Waals surface area (Å²) in [7, 11) is 0. The first-order valence-electron chi connectivity index (χ1n) is 26.2. The molecule has 12 aliphatic rings. The van der Waals surface area contributed by atoms with E-state index in [1.54, 1.807) is 6.92 Å². The predicted octanol–water partition coefficient (Wildman–Crippen LogP) is 5.73. The van der Waals surface area contributed by atoms with E-state index in [9.17, 15) is 30.3 Å². The molecule has 5 heterocycles. The molecule has 5 N–H and O–H groups in total. The number of hydrogen-bond acceptors (Lipinski definition) is 12. The van der Waals surface area contributed by atoms with E-state index in [1.165, 1.54) is 0 Å². The molecule has 4 aliphatic heterocycles. The van der Waals surface area contributed by atoms with E-state index in [2.05, 4.69) is 34.6 Å². The van der Waals surface area contributed by atoms with E-state index in [-0.39, 0.29) is 76.4 Å². The summed E-state index contributed by atoms with van der Waals surface area (Å²) in [5.74, 6) is -1.71. The first-order valence-corrected chi connectivity index (χ1v) is 26.2. The van der Waals surface area contributed by atoms with Gasteiger partial charge in [-0.15, -0.1) is 0 Å². The van der Waals surface area contributed by atoms with Crippen LogP contribution in [0.15, 0.2) is 11.6 Å². The molecule has 66 heavy (non-hydrogen) atoms. The molecule has 13 rings (SSSR count). The van der Waals surface area contributed by atoms with Crippen LogP contribution in [-0.4, -0.2) is 106 Å². The van der Waals surface area contributed by atoms with Crippen LogP contribution in [0.25, 0.3) is 0 Å². The minimum Gasteiger partial charge on any atom is -0.392 e. The zero-order valence-corrected chi connectivity index (χ0v) is 40.9. The fraction of sp³-hybridized carbons (Fsp3) is 0.870. The second-order valence-electron chi connectivity index (χ2n) is 26.8. The number of aliphatic hydroxyl groups is 5. The lowest BCUT2D eigenvalue weighted by molar-refractivity contribution is -0.289. The number of fused-ring (bicyclic) bond motifs is 14. The third kappa shape index (κ3) is 5.02. The molecule has 3 spiro atoms. The average Bonchev–Trinajstić information content (AvgIpc) is 3.99. The largest absolute Gasteiger partial charge is 0.392 e. The Balaban J connectivity index is 0.773. The van der Waals surface area contributed by atoms with Crippen molar-refractivity contribution in [1.82, 2.24) is 9.97 Å². The number of rotatable bonds is 0. The molecule has 1 aromatic heterocycles. The molecule has 9 fully saturated rings. The third-order valence-corrected chi connectivity index (χ3v) is 23.5. The second kappa shape index (κ2) is 13.0. The summed E-state index contributed by atoms with van der Waals surface area (Å²) in [6.45, 7) is 19.0. The lowest BCUT2D eigenvalue weighted by Gasteiger charge is -2.62. The van der Waals surface area contributed by atoms with E-state index in [0.29, 0.717) is 44.4 Å². The Morgan fingerprint density at radius 1 is 0.727 bits per heavy atom. The SMILES string of the molecule is C[C@@H]1[C@@]2(CC[C@@](C)(O)CO2)O[C@H]2C=C3[C@@H]4[C@@H](O)C[C@H]5Cc6nc7c(nc6C[C@]5(C)[C@H]4C[C@@H](O)[C@]3(C)[C@]21O)C[C@@H]1CC[C@@H]2[C@H](CC(=O)[C@]23C[C@@H]2O[C@@]4(CCC(C)(C)O4)[C@@H](C)[C@@H]2[C@]3(C)O)[C@@]1(C)C7. The van der Waals surface area contributed by atoms with Crippen molar-refractivity contribution in [3.8, 4) is 0 Å². The number of ketones is 1. The van der Waals surface area contributed by atoms with Crippen LogP contribution in [-0.2, 0) is 49.4 Å². The van der Waals surface area contributed by atoms with Crippen LogP contribution in [0.3, 0.4) is 0 Å². The van der Waals surface area contributed by atoms with Crippen molar-refractivity contribution in [2.45, 2.75) is 211 Å². The van der Waals surface area contributed by atoms with Gasteiger partial charge in [-0.3, -0.25) is 14.8 Å². The Morgan fingerprint density at radius 2 is 1.39 bits per heavy atom. The molecule has 12 heteroatoms. The summed E-state index contributed by atoms with van der Waals surface area (Å²) >= 11 is 0. The first-order chi connectivity index (χ1) is 30.8. The van der Waals surface area contributed by atoms with Gasteiger partial charge in [-0.05, 0) is 139 Å². The van der Waals surface area contributed by atoms with E-state index in [4.69, 9.17) is 28.9 Å². The number of carbonyl (C=O) groups is 1. The van der Waals surface area contributed by atoms with Crippen LogP contribution < -0.4 is 0 Å². The van der Waals surface area contributed by atoms with Crippen molar-refractivity contribution in [2.75, 3.05) is 6.61 Å². The molecule has 0 bridgehead atoms. The maximum atomic E-state index is 14.8. The molecule has 362 valence electrons. The minimum absolute atomic E-state index is 0.0157. The van der Waals surface area contributed by atoms with E-state index < -0.39 is 63.4 Å². The minimum atomic E-state index is -1.44. The molecule has 5 saturated carbocycles. The number of carbonyl (C=O) groups excluding carboxylic acids is 1. The molecule has 0 radical (unpaired) electrons. The van der Waals surface area contributed by atoms with Crippen molar-refractivity contribution >= 4 is 5.78 Å². The molecule has 0 amide bonds. The van der Waals surface area contributed by atoms with Crippen molar-refractivity contribution in [2.24, 2.45) is 74.9 Å². The third-order valence-electron chi connectivity index (χ3n) is 23.5. The van der Waals surface area contributed by atoms with Crippen LogP contribution in [0.4, 0.5) is 0 Å². The van der Waals surface area contributed by atoms with Crippen LogP contribution in [0.2, 0.25) is 0 Å². The quantitative estimate of drug-likeness (QED) is 0.200. The van der Waals surface area contributed by atoms with E-state index in [0.717, 1.165) is 79.7 Å². The fourth-order valence-corrected chi connectivity index (χ4v) is 19.7. The summed E-state index contributed by atoms with van der Waals surface area (Å²) in [4.78, 5) is 25.9. The van der Waals surface area contributed by atoms with E-state index in [1.807, 2.05) is 26.8 Å². The van der Waals surface area contributed by atoms with Gasteiger partial charge in [0, 0.05) is 48.3 Å². The molecule has 0 aromatic carbocycles. The Bertz CT molecular complexity index is 2340. The molecule has 22 atom stereocenters. The number of Topliss-reactive ketones (excluding diaryl/α,β-unsaturated/α-hetero) is 1. The van der Waals surface area contributed by atoms with Gasteiger partial charge in [0.05, 0.1) is 69.9 Å². The van der Waals surface area contributed by atoms with Crippen molar-refractivity contribution in [3.63, 3.8) is 0 Å². The molecule has 0 unspecified atom stereocenters. The number of nitrogens with zero attached hydrogens (tertiary/aromatic N) is 2. The highest BCUT2D eigenvalue weighted by Crippen LogP contribution is 2.74. The highest BCUT2D eigenvalue weighted by atomic mass is 16.7. The lowest BCUT2D eigenvalue weighted by atomic mass is 9.44. The van der Waals surface area contributed by atoms with Crippen LogP contribution >= 0.6 is 0 Å². The summed E-state index contributed by atoms with van der Waals surface area (Å²) in [5, 5.41) is 61.3. The maximum absolute atomic E-state index is 14.8. The van der Waals surface area contributed by atoms with Crippen LogP contribution in [0.1, 0.15) is 149 Å². The van der Waals surface area contributed by atoms with Gasteiger partial charge in [-0.1, -0.05) is 46.3 Å². The topological polar surface area (TPSA) is 181 Å². The van der Waals surface area contributed by atoms with Gasteiger partial charge in [0.1, 0.15) is 17.5 Å². The summed E-state index contributed by atoms with van der Waals surface area (Å²) in [5.41, 5.74) is -0.991. The summed E-state index contributed by atoms with van der Waals surface area (Å²) in [6.07, 6.45) is 9.36. The Kier molecular flexibility index (Phi) is 8.66. The first kappa shape index (κ1) is 44.1. The highest BCUT2D eigenvalue weighted by Gasteiger charge is 2.80. The Labute approximate surface area is 390 Å². The van der Waals surface area contributed by atoms with E-state index >= 15 is 0 Å². The molecular weight excluding hydrogens is 837 g/mol. The van der Waals surface area contributed by atoms with Gasteiger partial charge in [0.2, 0.25) is 0 Å². The number of aromatic nitrogens is 2. The van der Waals surface area contributed by atoms with Gasteiger partial charge in [0.15, 0.2) is 11.6 Å².